The van der Waals surface area contributed by atoms with Gasteiger partial charge in [-0.25, -0.2) is 0 Å². The summed E-state index contributed by atoms with van der Waals surface area (Å²) in [6.07, 6.45) is 4.85. The molecule has 1 aliphatic carbocycles. The maximum Gasteiger partial charge on any atom is 0.254 e. The zero-order chi connectivity index (χ0) is 24.7. The molecule has 3 atom stereocenters. The molecule has 3 aliphatic heterocycles. The molecule has 8 heteroatoms. The molecule has 3 saturated heterocycles. The van der Waals surface area contributed by atoms with E-state index in [1.54, 1.807) is 11.8 Å². The number of nitrogens with one attached hydrogen (secondary N) is 1. The van der Waals surface area contributed by atoms with E-state index in [2.05, 4.69) is 20.4 Å². The third kappa shape index (κ3) is 5.12. The third-order valence-electron chi connectivity index (χ3n) is 8.48. The number of carbonyl (C=O) groups is 1. The normalized spacial score (nSPS) is 28.1. The fraction of sp³-hybridized carbons (Fsp3) is 0.607. The number of hydrogen-bond donors (Lipinski definition) is 2. The molecule has 192 valence electrons. The smallest absolute Gasteiger partial charge is 0.254 e. The van der Waals surface area contributed by atoms with E-state index in [1.165, 1.54) is 45.3 Å². The summed E-state index contributed by atoms with van der Waals surface area (Å²) < 4.78 is 5.52. The van der Waals surface area contributed by atoms with Crippen LogP contribution in [-0.4, -0.2) is 88.6 Å². The minimum atomic E-state index is -0.761. The second-order valence-corrected chi connectivity index (χ2v) is 11.6. The van der Waals surface area contributed by atoms with Crippen molar-refractivity contribution in [1.29, 1.82) is 0 Å². The largest absolute Gasteiger partial charge is 0.386 e. The molecule has 4 heterocycles. The maximum atomic E-state index is 12.5. The summed E-state index contributed by atoms with van der Waals surface area (Å²) in [4.78, 5) is 16.9. The lowest BCUT2D eigenvalue weighted by atomic mass is 9.95. The average Bonchev–Trinajstić information content (AvgIpc) is 3.41. The van der Waals surface area contributed by atoms with Crippen molar-refractivity contribution in [3.63, 3.8) is 0 Å². The number of aromatic nitrogens is 2. The van der Waals surface area contributed by atoms with Crippen molar-refractivity contribution in [2.24, 2.45) is 17.8 Å². The molecular weight excluding hydrogens is 454 g/mol. The van der Waals surface area contributed by atoms with Gasteiger partial charge in [0.05, 0.1) is 24.4 Å². The van der Waals surface area contributed by atoms with Crippen molar-refractivity contribution >= 4 is 11.7 Å². The van der Waals surface area contributed by atoms with Crippen molar-refractivity contribution in [3.8, 4) is 11.3 Å². The Morgan fingerprint density at radius 1 is 1.06 bits per heavy atom. The Labute approximate surface area is 213 Å². The number of carbonyl (C=O) groups excluding carboxylic acids is 1. The Morgan fingerprint density at radius 3 is 2.36 bits per heavy atom. The van der Waals surface area contributed by atoms with E-state index in [1.807, 2.05) is 36.4 Å². The van der Waals surface area contributed by atoms with Crippen LogP contribution in [0.5, 0.6) is 0 Å². The van der Waals surface area contributed by atoms with Crippen LogP contribution < -0.4 is 5.32 Å². The van der Waals surface area contributed by atoms with Crippen LogP contribution in [0, 0.1) is 17.8 Å². The van der Waals surface area contributed by atoms with Crippen molar-refractivity contribution in [1.82, 2.24) is 20.0 Å². The van der Waals surface area contributed by atoms with Crippen LogP contribution >= 0.6 is 0 Å². The summed E-state index contributed by atoms with van der Waals surface area (Å²) in [6.45, 7) is 8.10. The number of β-amino-alcohol motifs (C(OH)–C–C–N with tert-alkyl or cyclic N) is 1. The summed E-state index contributed by atoms with van der Waals surface area (Å²) in [6, 6.07) is 11.9. The molecule has 1 unspecified atom stereocenters. The van der Waals surface area contributed by atoms with Crippen LogP contribution in [0.4, 0.5) is 5.82 Å². The number of ether oxygens (including phenoxy) is 1. The highest BCUT2D eigenvalue weighted by Gasteiger charge is 2.41. The topological polar surface area (TPSA) is 90.8 Å². The van der Waals surface area contributed by atoms with Crippen molar-refractivity contribution in [2.45, 2.75) is 44.2 Å². The zero-order valence-corrected chi connectivity index (χ0v) is 21.1. The van der Waals surface area contributed by atoms with Gasteiger partial charge in [0.25, 0.3) is 5.91 Å². The van der Waals surface area contributed by atoms with Gasteiger partial charge in [0.15, 0.2) is 0 Å². The number of rotatable bonds is 6. The molecule has 6 rings (SSSR count). The highest BCUT2D eigenvalue weighted by atomic mass is 16.5. The molecule has 0 bridgehead atoms. The number of aliphatic hydroxyl groups is 1. The fourth-order valence-electron chi connectivity index (χ4n) is 6.62. The fourth-order valence-corrected chi connectivity index (χ4v) is 6.62. The quantitative estimate of drug-likeness (QED) is 0.642. The number of amides is 1. The van der Waals surface area contributed by atoms with Gasteiger partial charge in [-0.3, -0.25) is 4.79 Å². The first kappa shape index (κ1) is 23.8. The van der Waals surface area contributed by atoms with Crippen molar-refractivity contribution in [2.75, 3.05) is 51.3 Å². The third-order valence-corrected chi connectivity index (χ3v) is 8.48. The average molecular weight is 492 g/mol. The van der Waals surface area contributed by atoms with Crippen LogP contribution in [0.2, 0.25) is 0 Å². The van der Waals surface area contributed by atoms with E-state index in [0.717, 1.165) is 48.0 Å². The van der Waals surface area contributed by atoms with E-state index >= 15 is 0 Å². The minimum absolute atomic E-state index is 0.0493. The molecule has 4 fully saturated rings. The van der Waals surface area contributed by atoms with Gasteiger partial charge < -0.3 is 25.0 Å². The Bertz CT molecular complexity index is 1050. The van der Waals surface area contributed by atoms with Crippen LogP contribution in [0.15, 0.2) is 36.4 Å². The zero-order valence-electron chi connectivity index (χ0n) is 21.1. The van der Waals surface area contributed by atoms with Gasteiger partial charge in [0.1, 0.15) is 5.82 Å². The first-order valence-electron chi connectivity index (χ1n) is 13.4. The van der Waals surface area contributed by atoms with E-state index in [0.29, 0.717) is 24.7 Å². The van der Waals surface area contributed by atoms with Gasteiger partial charge in [-0.15, -0.1) is 10.2 Å². The minimum Gasteiger partial charge on any atom is -0.386 e. The monoisotopic (exact) mass is 491 g/mol. The van der Waals surface area contributed by atoms with E-state index in [4.69, 9.17) is 4.74 Å². The van der Waals surface area contributed by atoms with Gasteiger partial charge >= 0.3 is 0 Å². The Hall–Kier alpha value is -2.55. The number of benzene rings is 1. The summed E-state index contributed by atoms with van der Waals surface area (Å²) in [7, 11) is 0. The van der Waals surface area contributed by atoms with E-state index in [9.17, 15) is 9.90 Å². The molecule has 36 heavy (non-hydrogen) atoms. The number of likely N-dealkylation sites (tertiary alicyclic amines) is 2. The number of fused-ring (bicyclic) bond motifs is 1. The van der Waals surface area contributed by atoms with E-state index < -0.39 is 5.60 Å². The molecule has 0 radical (unpaired) electrons. The molecule has 1 aromatic carbocycles. The Morgan fingerprint density at radius 2 is 1.75 bits per heavy atom. The van der Waals surface area contributed by atoms with Gasteiger partial charge in [0.2, 0.25) is 0 Å². The summed E-state index contributed by atoms with van der Waals surface area (Å²) in [5.74, 6) is 3.18. The Balaban J connectivity index is 0.989. The highest BCUT2D eigenvalue weighted by molar-refractivity contribution is 5.95. The second kappa shape index (κ2) is 9.72. The van der Waals surface area contributed by atoms with Gasteiger partial charge in [-0.05, 0) is 74.6 Å². The lowest BCUT2D eigenvalue weighted by Gasteiger charge is -2.44. The second-order valence-electron chi connectivity index (χ2n) is 11.6. The van der Waals surface area contributed by atoms with Crippen LogP contribution in [0.25, 0.3) is 11.3 Å². The summed E-state index contributed by atoms with van der Waals surface area (Å²) >= 11 is 0. The van der Waals surface area contributed by atoms with Crippen molar-refractivity contribution < 1.29 is 14.6 Å². The first-order chi connectivity index (χ1) is 17.4. The molecule has 0 spiro atoms. The highest BCUT2D eigenvalue weighted by Crippen LogP contribution is 2.39. The molecule has 8 nitrogen and oxygen atoms in total. The predicted molar refractivity (Wildman–Crippen MR) is 138 cm³/mol. The predicted octanol–water partition coefficient (Wildman–Crippen LogP) is 2.90. The molecule has 1 saturated carbocycles. The molecular formula is C28H37N5O3. The van der Waals surface area contributed by atoms with Crippen LogP contribution in [-0.2, 0) is 4.74 Å². The number of anilines is 1. The molecule has 2 aromatic rings. The number of hydrogen-bond acceptors (Lipinski definition) is 7. The summed E-state index contributed by atoms with van der Waals surface area (Å²) in [5, 5.41) is 22.4. The Kier molecular flexibility index (Phi) is 6.44. The van der Waals surface area contributed by atoms with Gasteiger partial charge in [0, 0.05) is 50.0 Å². The lowest BCUT2D eigenvalue weighted by molar-refractivity contribution is -0.0668. The van der Waals surface area contributed by atoms with E-state index in [-0.39, 0.29) is 5.91 Å². The van der Waals surface area contributed by atoms with Crippen LogP contribution in [0.3, 0.4) is 0 Å². The molecule has 1 amide bonds. The summed E-state index contributed by atoms with van der Waals surface area (Å²) in [5.41, 5.74) is 1.59. The maximum absolute atomic E-state index is 12.5. The van der Waals surface area contributed by atoms with Gasteiger partial charge in [-0.1, -0.05) is 12.1 Å². The standard InChI is InChI=1S/C28H37N5O3/c1-28(35)17-33(18-28)27(34)21-4-2-20(3-5-21)25-6-7-26(31-30-25)29-24-12-22-15-32(16-23(22)13-24)14-19-8-10-36-11-9-19/h2-7,19,22-24,35H,8-18H2,1H3,(H,29,31)/t22-,23+,24?. The molecule has 2 N–H and O–H groups in total. The SMILES string of the molecule is CC1(O)CN(C(=O)c2ccc(-c3ccc(NC4C[C@@H]5CN(CC6CCOCC6)C[C@@H]5C4)nn3)cc2)C1. The van der Waals surface area contributed by atoms with Gasteiger partial charge in [-0.2, -0.15) is 0 Å². The lowest BCUT2D eigenvalue weighted by Crippen LogP contribution is -2.61. The molecule has 4 aliphatic rings. The first-order valence-corrected chi connectivity index (χ1v) is 13.4. The van der Waals surface area contributed by atoms with Crippen molar-refractivity contribution in [3.05, 3.63) is 42.0 Å². The number of nitrogens with zero attached hydrogens (tertiary/aromatic N) is 4. The molecule has 1 aromatic heterocycles. The van der Waals surface area contributed by atoms with Crippen LogP contribution in [0.1, 0.15) is 43.0 Å².